The molecule has 0 saturated carbocycles. The number of rotatable bonds is 5. The maximum Gasteiger partial charge on any atom is 0.205 e. The fourth-order valence-electron chi connectivity index (χ4n) is 4.81. The number of methoxy groups -OCH3 is 1. The van der Waals surface area contributed by atoms with Crippen LogP contribution in [0.5, 0.6) is 5.75 Å². The first-order chi connectivity index (χ1) is 16.3. The first-order valence-corrected chi connectivity index (χ1v) is 11.3. The molecule has 0 spiro atoms. The van der Waals surface area contributed by atoms with Crippen LogP contribution in [0.15, 0.2) is 65.0 Å². The zero-order valence-corrected chi connectivity index (χ0v) is 20.1. The van der Waals surface area contributed by atoms with Gasteiger partial charge in [-0.1, -0.05) is 13.0 Å². The third kappa shape index (κ3) is 3.71. The van der Waals surface area contributed by atoms with E-state index in [0.29, 0.717) is 17.5 Å². The molecule has 0 aliphatic carbocycles. The summed E-state index contributed by atoms with van der Waals surface area (Å²) in [5, 5.41) is 4.46. The Morgan fingerprint density at radius 1 is 1.26 bits per heavy atom. The fourth-order valence-corrected chi connectivity index (χ4v) is 4.81. The molecule has 4 N–H and O–H groups in total. The molecule has 1 aromatic heterocycles. The highest BCUT2D eigenvalue weighted by molar-refractivity contribution is 6.02. The Morgan fingerprint density at radius 2 is 2.09 bits per heavy atom. The lowest BCUT2D eigenvalue weighted by molar-refractivity contribution is 0.145. The standard InChI is InChI=1S/C25H31N7O2/c1-16-19(13-30(3)29-16)17-5-6-20(21(11-17)33-4)32-22-18(12-28-24(32)27)7-9-31(23(22)26)14-25(2)8-10-34-15-25/h5-7,9,11-13H,8,10,14-15,26H2,1-4H3,(H2,27,28). The molecule has 2 aromatic rings. The first-order valence-electron chi connectivity index (χ1n) is 11.3. The molecule has 34 heavy (non-hydrogen) atoms. The van der Waals surface area contributed by atoms with Gasteiger partial charge in [-0.05, 0) is 37.1 Å². The maximum atomic E-state index is 6.76. The molecule has 1 saturated heterocycles. The number of guanidine groups is 1. The van der Waals surface area contributed by atoms with Crippen molar-refractivity contribution in [2.75, 3.05) is 31.8 Å². The van der Waals surface area contributed by atoms with E-state index in [4.69, 9.17) is 20.9 Å². The molecule has 0 radical (unpaired) electrons. The molecular formula is C25H31N7O2. The number of hydrogen-bond donors (Lipinski definition) is 2. The van der Waals surface area contributed by atoms with Crippen molar-refractivity contribution in [3.05, 3.63) is 65.7 Å². The molecule has 3 aliphatic rings. The van der Waals surface area contributed by atoms with E-state index < -0.39 is 0 Å². The van der Waals surface area contributed by atoms with Gasteiger partial charge in [-0.2, -0.15) is 5.10 Å². The van der Waals surface area contributed by atoms with Gasteiger partial charge >= 0.3 is 0 Å². The number of aromatic nitrogens is 2. The Labute approximate surface area is 199 Å². The second-order valence-corrected chi connectivity index (χ2v) is 9.39. The van der Waals surface area contributed by atoms with Crippen molar-refractivity contribution in [2.45, 2.75) is 20.3 Å². The molecule has 9 heteroatoms. The van der Waals surface area contributed by atoms with Crippen LogP contribution in [0.2, 0.25) is 0 Å². The van der Waals surface area contributed by atoms with Crippen LogP contribution in [0.25, 0.3) is 11.1 Å². The molecule has 4 heterocycles. The lowest BCUT2D eigenvalue weighted by Gasteiger charge is -2.38. The van der Waals surface area contributed by atoms with E-state index in [1.54, 1.807) is 13.3 Å². The summed E-state index contributed by atoms with van der Waals surface area (Å²) >= 11 is 0. The third-order valence-corrected chi connectivity index (χ3v) is 6.65. The lowest BCUT2D eigenvalue weighted by Crippen LogP contribution is -2.45. The Bertz CT molecular complexity index is 1250. The van der Waals surface area contributed by atoms with E-state index in [2.05, 4.69) is 21.9 Å². The molecule has 1 unspecified atom stereocenters. The molecule has 3 aliphatic heterocycles. The topological polar surface area (TPSA) is 107 Å². The number of benzene rings is 1. The quantitative estimate of drug-likeness (QED) is 0.705. The number of nitrogens with two attached hydrogens (primary N) is 2. The monoisotopic (exact) mass is 461 g/mol. The van der Waals surface area contributed by atoms with Crippen LogP contribution >= 0.6 is 0 Å². The van der Waals surface area contributed by atoms with Gasteiger partial charge in [-0.15, -0.1) is 0 Å². The van der Waals surface area contributed by atoms with Crippen LogP contribution in [0.1, 0.15) is 19.0 Å². The van der Waals surface area contributed by atoms with E-state index in [9.17, 15) is 0 Å². The number of aliphatic imine (C=N–C) groups is 1. The van der Waals surface area contributed by atoms with Gasteiger partial charge in [-0.25, -0.2) is 4.99 Å². The van der Waals surface area contributed by atoms with Gasteiger partial charge in [0.2, 0.25) is 5.96 Å². The highest BCUT2D eigenvalue weighted by Crippen LogP contribution is 2.40. The molecule has 1 fully saturated rings. The van der Waals surface area contributed by atoms with Crippen molar-refractivity contribution >= 4 is 11.6 Å². The maximum absolute atomic E-state index is 6.76. The van der Waals surface area contributed by atoms with Gasteiger partial charge in [0.05, 0.1) is 30.8 Å². The van der Waals surface area contributed by atoms with Crippen molar-refractivity contribution in [3.8, 4) is 16.9 Å². The van der Waals surface area contributed by atoms with Crippen LogP contribution in [0.4, 0.5) is 5.69 Å². The number of nitrogens with zero attached hydrogens (tertiary/aromatic N) is 5. The lowest BCUT2D eigenvalue weighted by atomic mass is 9.89. The summed E-state index contributed by atoms with van der Waals surface area (Å²) < 4.78 is 13.3. The number of ether oxygens (including phenoxy) is 2. The van der Waals surface area contributed by atoms with Crippen molar-refractivity contribution < 1.29 is 9.47 Å². The van der Waals surface area contributed by atoms with Crippen molar-refractivity contribution in [2.24, 2.45) is 28.9 Å². The minimum absolute atomic E-state index is 0.0385. The number of fused-ring (bicyclic) bond motifs is 1. The van der Waals surface area contributed by atoms with E-state index in [1.165, 1.54) is 0 Å². The summed E-state index contributed by atoms with van der Waals surface area (Å²) in [6.45, 7) is 6.48. The summed E-state index contributed by atoms with van der Waals surface area (Å²) in [6, 6.07) is 6.02. The minimum atomic E-state index is 0.0385. The van der Waals surface area contributed by atoms with Gasteiger partial charge in [0.25, 0.3) is 0 Å². The van der Waals surface area contributed by atoms with E-state index >= 15 is 0 Å². The van der Waals surface area contributed by atoms with E-state index in [0.717, 1.165) is 60.0 Å². The largest absolute Gasteiger partial charge is 0.495 e. The molecule has 0 bridgehead atoms. The molecular weight excluding hydrogens is 430 g/mol. The van der Waals surface area contributed by atoms with E-state index in [1.807, 2.05) is 60.2 Å². The highest BCUT2D eigenvalue weighted by atomic mass is 16.5. The molecule has 9 nitrogen and oxygen atoms in total. The molecule has 1 aromatic carbocycles. The Balaban J connectivity index is 1.56. The average molecular weight is 462 g/mol. The van der Waals surface area contributed by atoms with Crippen molar-refractivity contribution in [1.29, 1.82) is 0 Å². The second-order valence-electron chi connectivity index (χ2n) is 9.39. The fraction of sp³-hybridized carbons (Fsp3) is 0.360. The Kier molecular flexibility index (Phi) is 5.36. The molecule has 178 valence electrons. The van der Waals surface area contributed by atoms with Crippen LogP contribution in [0.3, 0.4) is 0 Å². The number of aryl methyl sites for hydroxylation is 2. The van der Waals surface area contributed by atoms with Crippen molar-refractivity contribution in [3.63, 3.8) is 0 Å². The van der Waals surface area contributed by atoms with Gasteiger partial charge in [0.15, 0.2) is 0 Å². The predicted octanol–water partition coefficient (Wildman–Crippen LogP) is 2.81. The summed E-state index contributed by atoms with van der Waals surface area (Å²) in [5.41, 5.74) is 18.7. The summed E-state index contributed by atoms with van der Waals surface area (Å²) in [6.07, 6.45) is 8.78. The smallest absolute Gasteiger partial charge is 0.205 e. The van der Waals surface area contributed by atoms with Gasteiger partial charge in [-0.3, -0.25) is 9.58 Å². The average Bonchev–Trinajstić information content (AvgIpc) is 3.40. The van der Waals surface area contributed by atoms with Gasteiger partial charge in [0.1, 0.15) is 11.6 Å². The van der Waals surface area contributed by atoms with Crippen LogP contribution < -0.4 is 21.1 Å². The van der Waals surface area contributed by atoms with Gasteiger partial charge in [0, 0.05) is 55.3 Å². The number of allylic oxidation sites excluding steroid dienone is 1. The predicted molar refractivity (Wildman–Crippen MR) is 133 cm³/mol. The summed E-state index contributed by atoms with van der Waals surface area (Å²) in [4.78, 5) is 8.38. The Hall–Kier alpha value is -3.72. The molecule has 5 rings (SSSR count). The zero-order valence-electron chi connectivity index (χ0n) is 20.1. The molecule has 1 atom stereocenters. The first kappa shape index (κ1) is 22.1. The van der Waals surface area contributed by atoms with Gasteiger partial charge < -0.3 is 25.8 Å². The highest BCUT2D eigenvalue weighted by Gasteiger charge is 2.36. The minimum Gasteiger partial charge on any atom is -0.495 e. The van der Waals surface area contributed by atoms with Crippen LogP contribution in [-0.4, -0.2) is 47.5 Å². The SMILES string of the molecule is COc1cc(-c2cn(C)nc2C)ccc1N1C(N)=NC=C2C=CN(CC3(C)CCOC3)C(N)=C21. The zero-order chi connectivity index (χ0) is 24.0. The summed E-state index contributed by atoms with van der Waals surface area (Å²) in [5.74, 6) is 1.61. The van der Waals surface area contributed by atoms with Crippen LogP contribution in [-0.2, 0) is 11.8 Å². The number of anilines is 1. The van der Waals surface area contributed by atoms with Crippen LogP contribution in [0, 0.1) is 12.3 Å². The number of hydrogen-bond acceptors (Lipinski definition) is 8. The van der Waals surface area contributed by atoms with E-state index in [-0.39, 0.29) is 5.41 Å². The van der Waals surface area contributed by atoms with Crippen molar-refractivity contribution in [1.82, 2.24) is 14.7 Å². The second kappa shape index (κ2) is 8.25. The summed E-state index contributed by atoms with van der Waals surface area (Å²) in [7, 11) is 3.56. The third-order valence-electron chi connectivity index (χ3n) is 6.65. The molecule has 0 amide bonds. The Morgan fingerprint density at radius 3 is 2.76 bits per heavy atom. The normalized spacial score (nSPS) is 22.1.